The maximum absolute atomic E-state index is 15.0. The molecular formula is C47H60Cl2F2N6O7S. The van der Waals surface area contributed by atoms with Crippen molar-refractivity contribution in [3.05, 3.63) is 93.9 Å². The quantitative estimate of drug-likeness (QED) is 0.102. The predicted molar refractivity (Wildman–Crippen MR) is 251 cm³/mol. The fourth-order valence-corrected chi connectivity index (χ4v) is 9.07. The summed E-state index contributed by atoms with van der Waals surface area (Å²) in [5.74, 6) is -2.67. The third-order valence-electron chi connectivity index (χ3n) is 11.9. The van der Waals surface area contributed by atoms with Gasteiger partial charge in [0.1, 0.15) is 31.0 Å². The van der Waals surface area contributed by atoms with Crippen LogP contribution in [0.2, 0.25) is 0 Å². The van der Waals surface area contributed by atoms with Crippen molar-refractivity contribution in [2.24, 2.45) is 5.41 Å². The number of halogens is 4. The second-order valence-corrected chi connectivity index (χ2v) is 18.1. The number of likely N-dealkylation sites (N-methyl/N-ethyl adjacent to an activating group) is 1. The molecular weight excluding hydrogens is 902 g/mol. The summed E-state index contributed by atoms with van der Waals surface area (Å²) in [6.45, 7) is 10.6. The van der Waals surface area contributed by atoms with Crippen LogP contribution >= 0.6 is 36.2 Å². The van der Waals surface area contributed by atoms with Crippen molar-refractivity contribution < 1.29 is 42.1 Å². The Kier molecular flexibility index (Phi) is 18.4. The lowest BCUT2D eigenvalue weighted by Crippen LogP contribution is -2.62. The third-order valence-corrected chi connectivity index (χ3v) is 12.8. The second-order valence-electron chi connectivity index (χ2n) is 17.2. The maximum atomic E-state index is 15.0. The van der Waals surface area contributed by atoms with Gasteiger partial charge in [0.15, 0.2) is 16.7 Å². The molecule has 3 aliphatic rings. The molecule has 0 spiro atoms. The monoisotopic (exact) mass is 960 g/mol. The van der Waals surface area contributed by atoms with Crippen molar-refractivity contribution in [2.45, 2.75) is 84.1 Å². The Morgan fingerprint density at radius 2 is 1.69 bits per heavy atom. The molecule has 65 heavy (non-hydrogen) atoms. The predicted octanol–water partition coefficient (Wildman–Crippen LogP) is 6.83. The number of hydrogen-bond acceptors (Lipinski definition) is 11. The highest BCUT2D eigenvalue weighted by Crippen LogP contribution is 2.37. The van der Waals surface area contributed by atoms with Crippen LogP contribution in [0.4, 0.5) is 13.9 Å². The van der Waals surface area contributed by atoms with E-state index < -0.39 is 35.2 Å². The molecule has 1 saturated heterocycles. The fourth-order valence-electron chi connectivity index (χ4n) is 8.19. The molecule has 3 heterocycles. The number of fused-ring (bicyclic) bond motifs is 2. The summed E-state index contributed by atoms with van der Waals surface area (Å²) in [5, 5.41) is 11.8. The van der Waals surface area contributed by atoms with Crippen molar-refractivity contribution in [3.63, 3.8) is 0 Å². The van der Waals surface area contributed by atoms with E-state index in [9.17, 15) is 18.8 Å². The van der Waals surface area contributed by atoms with Gasteiger partial charge in [-0.1, -0.05) is 51.1 Å². The Hall–Kier alpha value is -4.58. The zero-order chi connectivity index (χ0) is 44.7. The first-order valence-corrected chi connectivity index (χ1v) is 22.6. The summed E-state index contributed by atoms with van der Waals surface area (Å²) >= 11 is 1.42. The number of carbonyl (C=O) groups is 3. The van der Waals surface area contributed by atoms with Crippen LogP contribution in [0.1, 0.15) is 68.8 Å². The number of thiazole rings is 1. The molecule has 3 N–H and O–H groups in total. The molecule has 0 saturated carbocycles. The molecule has 0 bridgehead atoms. The van der Waals surface area contributed by atoms with Gasteiger partial charge >= 0.3 is 0 Å². The third kappa shape index (κ3) is 12.5. The Balaban J connectivity index is 0.00000397. The Labute approximate surface area is 396 Å². The molecule has 3 aromatic carbocycles. The summed E-state index contributed by atoms with van der Waals surface area (Å²) in [5.41, 5.74) is 4.25. The molecule has 3 amide bonds. The number of nitrogens with one attached hydrogen (secondary N) is 3. The van der Waals surface area contributed by atoms with E-state index in [-0.39, 0.29) is 93.7 Å². The summed E-state index contributed by atoms with van der Waals surface area (Å²) < 4.78 is 52.3. The van der Waals surface area contributed by atoms with Crippen molar-refractivity contribution in [3.8, 4) is 22.8 Å². The van der Waals surface area contributed by atoms with Gasteiger partial charge in [-0.25, -0.2) is 9.37 Å². The largest absolute Gasteiger partial charge is 0.491 e. The molecule has 3 unspecified atom stereocenters. The minimum absolute atomic E-state index is 0. The van der Waals surface area contributed by atoms with E-state index in [2.05, 4.69) is 38.0 Å². The van der Waals surface area contributed by atoms with Crippen LogP contribution < -0.4 is 30.3 Å². The number of carbonyl (C=O) groups excluding carboxylic acids is 3. The molecule has 1 aliphatic carbocycles. The van der Waals surface area contributed by atoms with E-state index in [4.69, 9.17) is 18.9 Å². The van der Waals surface area contributed by atoms with E-state index >= 15 is 4.39 Å². The second kappa shape index (κ2) is 23.2. The van der Waals surface area contributed by atoms with E-state index in [1.54, 1.807) is 24.3 Å². The number of anilines is 1. The molecule has 4 aromatic rings. The summed E-state index contributed by atoms with van der Waals surface area (Å²) in [6, 6.07) is 13.9. The number of benzene rings is 3. The molecule has 7 rings (SSSR count). The van der Waals surface area contributed by atoms with Gasteiger partial charge in [0, 0.05) is 37.0 Å². The van der Waals surface area contributed by atoms with Gasteiger partial charge in [-0.2, -0.15) is 4.39 Å². The molecule has 1 fully saturated rings. The first-order chi connectivity index (χ1) is 30.3. The molecule has 13 nitrogen and oxygen atoms in total. The smallest absolute Gasteiger partial charge is 0.246 e. The van der Waals surface area contributed by atoms with Gasteiger partial charge in [0.05, 0.1) is 44.2 Å². The first-order valence-electron chi connectivity index (χ1n) is 21.7. The number of hydrogen-bond donors (Lipinski definition) is 3. The van der Waals surface area contributed by atoms with E-state index in [0.717, 1.165) is 47.2 Å². The van der Waals surface area contributed by atoms with Gasteiger partial charge in [-0.3, -0.25) is 14.4 Å². The topological polar surface area (TPSA) is 144 Å². The van der Waals surface area contributed by atoms with Gasteiger partial charge in [-0.05, 0) is 85.2 Å². The van der Waals surface area contributed by atoms with Crippen LogP contribution in [0, 0.1) is 17.0 Å². The molecule has 1 aromatic heterocycles. The van der Waals surface area contributed by atoms with Gasteiger partial charge in [0.2, 0.25) is 23.5 Å². The van der Waals surface area contributed by atoms with Crippen LogP contribution in [-0.2, 0) is 43.2 Å². The summed E-state index contributed by atoms with van der Waals surface area (Å²) in [6.07, 6.45) is 2.99. The molecule has 4 atom stereocenters. The standard InChI is InChI=1S/C47H58F2N6O7S.2ClH/c1-29(50-5)43(56)53-42(47(2,3)4)45(58)55-27-32-25-33(14-13-31(32)26-39(55)44(57)51-37-12-8-10-30-9-6-7-11-34(30)37)61-23-21-60-22-24-62-41-35(15-16-36(48)40(41)49)38-28-63-46(52-38)54-17-19-59-20-18-54;;/h6-7,9,11,13-16,25,28-29,37,39,42,50H,8,10,12,17-24,26-27H2,1-5H3,(H,51,57)(H,53,56);2*1H/t29?,37-,39?,42?;;/m1../s1. The van der Waals surface area contributed by atoms with Crippen molar-refractivity contribution in [1.82, 2.24) is 25.8 Å². The van der Waals surface area contributed by atoms with E-state index in [1.807, 2.05) is 51.1 Å². The summed E-state index contributed by atoms with van der Waals surface area (Å²) in [4.78, 5) is 50.5. The lowest BCUT2D eigenvalue weighted by atomic mass is 9.83. The number of ether oxygens (including phenoxy) is 4. The first kappa shape index (κ1) is 51.4. The number of amides is 3. The molecule has 354 valence electrons. The minimum Gasteiger partial charge on any atom is -0.491 e. The Morgan fingerprint density at radius 3 is 2.43 bits per heavy atom. The number of morpholine rings is 1. The molecule has 18 heteroatoms. The highest BCUT2D eigenvalue weighted by molar-refractivity contribution is 7.14. The van der Waals surface area contributed by atoms with Gasteiger partial charge in [0.25, 0.3) is 0 Å². The van der Waals surface area contributed by atoms with Gasteiger partial charge in [-0.15, -0.1) is 36.2 Å². The zero-order valence-corrected chi connectivity index (χ0v) is 39.9. The minimum atomic E-state index is -1.09. The number of aromatic nitrogens is 1. The van der Waals surface area contributed by atoms with Crippen molar-refractivity contribution in [2.75, 3.05) is 64.7 Å². The molecule has 0 radical (unpaired) electrons. The Morgan fingerprint density at radius 1 is 0.954 bits per heavy atom. The average Bonchev–Trinajstić information content (AvgIpc) is 3.78. The van der Waals surface area contributed by atoms with Crippen LogP contribution in [-0.4, -0.2) is 106 Å². The van der Waals surface area contributed by atoms with Crippen LogP contribution in [0.5, 0.6) is 11.5 Å². The average molecular weight is 962 g/mol. The zero-order valence-electron chi connectivity index (χ0n) is 37.5. The van der Waals surface area contributed by atoms with Crippen LogP contribution in [0.15, 0.2) is 60.0 Å². The lowest BCUT2D eigenvalue weighted by molar-refractivity contribution is -0.147. The SMILES string of the molecule is CNC(C)C(=O)NC(C(=O)N1Cc2cc(OCCOCCOc3c(-c4csc(N5CCOCC5)n4)ccc(F)c3F)ccc2CC1C(=O)N[C@@H]1CCCc2ccccc21)C(C)(C)C.Cl.Cl. The van der Waals surface area contributed by atoms with Crippen molar-refractivity contribution in [1.29, 1.82) is 0 Å². The Bertz CT molecular complexity index is 2260. The lowest BCUT2D eigenvalue weighted by Gasteiger charge is -2.41. The number of rotatable bonds is 16. The maximum Gasteiger partial charge on any atom is 0.246 e. The number of aryl methyl sites for hydroxylation is 1. The highest BCUT2D eigenvalue weighted by Gasteiger charge is 2.43. The van der Waals surface area contributed by atoms with E-state index in [1.165, 1.54) is 23.0 Å². The van der Waals surface area contributed by atoms with Crippen LogP contribution in [0.25, 0.3) is 11.3 Å². The van der Waals surface area contributed by atoms with E-state index in [0.29, 0.717) is 43.3 Å². The fraction of sp³-hybridized carbons (Fsp3) is 0.489. The normalized spacial score (nSPS) is 17.9. The van der Waals surface area contributed by atoms with Crippen molar-refractivity contribution >= 4 is 59.0 Å². The number of nitrogens with zero attached hydrogens (tertiary/aromatic N) is 3. The molecule has 2 aliphatic heterocycles. The van der Waals surface area contributed by atoms with Crippen LogP contribution in [0.3, 0.4) is 0 Å². The highest BCUT2D eigenvalue weighted by atomic mass is 35.5. The summed E-state index contributed by atoms with van der Waals surface area (Å²) in [7, 11) is 1.68. The van der Waals surface area contributed by atoms with Gasteiger partial charge < -0.3 is 44.7 Å².